The van der Waals surface area contributed by atoms with Gasteiger partial charge in [-0.15, -0.1) is 20.4 Å². The van der Waals surface area contributed by atoms with Crippen LogP contribution in [0, 0.1) is 5.82 Å². The van der Waals surface area contributed by atoms with Crippen LogP contribution in [0.25, 0.3) is 22.7 Å². The lowest BCUT2D eigenvalue weighted by Gasteiger charge is -2.25. The normalized spacial score (nSPS) is 19.8. The van der Waals surface area contributed by atoms with Crippen LogP contribution in [-0.2, 0) is 0 Å². The number of halogens is 2. The van der Waals surface area contributed by atoms with E-state index in [0.29, 0.717) is 12.8 Å². The number of hydrogen-bond donors (Lipinski definition) is 1. The van der Waals surface area contributed by atoms with Crippen molar-refractivity contribution in [2.45, 2.75) is 38.0 Å². The molecule has 3 aromatic rings. The lowest BCUT2D eigenvalue weighted by molar-refractivity contribution is 0.0594. The highest BCUT2D eigenvalue weighted by Gasteiger charge is 2.27. The molecule has 0 saturated heterocycles. The zero-order valence-electron chi connectivity index (χ0n) is 14.2. The van der Waals surface area contributed by atoms with E-state index in [1.165, 1.54) is 18.2 Å². The van der Waals surface area contributed by atoms with Crippen molar-refractivity contribution in [2.75, 3.05) is 0 Å². The molecule has 9 heteroatoms. The molecule has 0 amide bonds. The largest absolute Gasteiger partial charge is 0.507 e. The van der Waals surface area contributed by atoms with E-state index < -0.39 is 18.1 Å². The van der Waals surface area contributed by atoms with Crippen molar-refractivity contribution in [1.29, 1.82) is 0 Å². The summed E-state index contributed by atoms with van der Waals surface area (Å²) in [7, 11) is 0. The maximum atomic E-state index is 14.4. The van der Waals surface area contributed by atoms with Crippen molar-refractivity contribution >= 4 is 0 Å². The second kappa shape index (κ2) is 7.26. The van der Waals surface area contributed by atoms with Gasteiger partial charge in [0.15, 0.2) is 0 Å². The molecule has 2 heterocycles. The Morgan fingerprint density at radius 2 is 1.93 bits per heavy atom. The Hall–Kier alpha value is -3.10. The van der Waals surface area contributed by atoms with E-state index in [0.717, 1.165) is 25.3 Å². The van der Waals surface area contributed by atoms with Gasteiger partial charge in [-0.3, -0.25) is 0 Å². The minimum atomic E-state index is -1.02. The molecule has 27 heavy (non-hydrogen) atoms. The molecule has 0 bridgehead atoms. The third-order valence-electron chi connectivity index (χ3n) is 4.49. The third-order valence-corrected chi connectivity index (χ3v) is 4.49. The fourth-order valence-corrected chi connectivity index (χ4v) is 3.09. The first-order valence-electron chi connectivity index (χ1n) is 8.55. The molecule has 1 aliphatic carbocycles. The highest BCUT2D eigenvalue weighted by molar-refractivity contribution is 5.71. The molecular weight excluding hydrogens is 358 g/mol. The molecule has 0 spiro atoms. The molecule has 2 atom stereocenters. The van der Waals surface area contributed by atoms with Gasteiger partial charge in [-0.1, -0.05) is 6.42 Å². The third kappa shape index (κ3) is 3.57. The summed E-state index contributed by atoms with van der Waals surface area (Å²) in [6.07, 6.45) is 2.41. The molecule has 7 nitrogen and oxygen atoms in total. The van der Waals surface area contributed by atoms with E-state index >= 15 is 0 Å². The van der Waals surface area contributed by atoms with Gasteiger partial charge in [0.25, 0.3) is 5.89 Å². The second-order valence-electron chi connectivity index (χ2n) is 6.31. The molecule has 0 aliphatic heterocycles. The van der Waals surface area contributed by atoms with Crippen LogP contribution in [0.1, 0.15) is 25.7 Å². The SMILES string of the molecule is Oc1cc(-c2nnco2)c(F)cc1-c1ccc(O[C@@H]2CCCC[C@@H]2F)nn1. The highest BCUT2D eigenvalue weighted by atomic mass is 19.1. The lowest BCUT2D eigenvalue weighted by atomic mass is 9.96. The van der Waals surface area contributed by atoms with Crippen LogP contribution in [0.5, 0.6) is 11.6 Å². The van der Waals surface area contributed by atoms with Crippen molar-refractivity contribution in [1.82, 2.24) is 20.4 Å². The Morgan fingerprint density at radius 1 is 1.07 bits per heavy atom. The molecular formula is C18H16F2N4O3. The van der Waals surface area contributed by atoms with Gasteiger partial charge in [-0.25, -0.2) is 8.78 Å². The van der Waals surface area contributed by atoms with Crippen LogP contribution in [-0.4, -0.2) is 37.8 Å². The van der Waals surface area contributed by atoms with Crippen LogP contribution in [0.3, 0.4) is 0 Å². The highest BCUT2D eigenvalue weighted by Crippen LogP contribution is 2.34. The summed E-state index contributed by atoms with van der Waals surface area (Å²) in [4.78, 5) is 0. The summed E-state index contributed by atoms with van der Waals surface area (Å²) >= 11 is 0. The lowest BCUT2D eigenvalue weighted by Crippen LogP contribution is -2.32. The molecule has 1 N–H and O–H groups in total. The number of aromatic hydroxyl groups is 1. The molecule has 140 valence electrons. The summed E-state index contributed by atoms with van der Waals surface area (Å²) in [6.45, 7) is 0. The zero-order valence-corrected chi connectivity index (χ0v) is 14.2. The van der Waals surface area contributed by atoms with Gasteiger partial charge in [0.05, 0.1) is 11.3 Å². The topological polar surface area (TPSA) is 94.2 Å². The standard InChI is InChI=1S/C18H16F2N4O3/c19-12-3-1-2-4-16(12)27-17-6-5-14(22-23-17)11-7-13(20)10(8-15(11)25)18-24-21-9-26-18/h5-9,12,16,25H,1-4H2/t12-,16+/m0/s1. The Bertz CT molecular complexity index is 919. The number of alkyl halides is 1. The van der Waals surface area contributed by atoms with Crippen LogP contribution in [0.15, 0.2) is 35.1 Å². The molecule has 0 unspecified atom stereocenters. The van der Waals surface area contributed by atoms with Gasteiger partial charge in [-0.05, 0) is 37.5 Å². The Kier molecular flexibility index (Phi) is 4.66. The van der Waals surface area contributed by atoms with Gasteiger partial charge >= 0.3 is 0 Å². The number of hydrogen-bond acceptors (Lipinski definition) is 7. The van der Waals surface area contributed by atoms with Crippen LogP contribution in [0.4, 0.5) is 8.78 Å². The molecule has 1 aliphatic rings. The molecule has 2 aromatic heterocycles. The van der Waals surface area contributed by atoms with E-state index in [2.05, 4.69) is 20.4 Å². The monoisotopic (exact) mass is 374 g/mol. The summed E-state index contributed by atoms with van der Waals surface area (Å²) in [5.74, 6) is -0.728. The summed E-state index contributed by atoms with van der Waals surface area (Å²) in [6, 6.07) is 5.34. The minimum Gasteiger partial charge on any atom is -0.507 e. The number of phenols is 1. The number of rotatable bonds is 4. The Balaban J connectivity index is 1.56. The van der Waals surface area contributed by atoms with Crippen LogP contribution < -0.4 is 4.74 Å². The van der Waals surface area contributed by atoms with Gasteiger partial charge in [-0.2, -0.15) is 0 Å². The Morgan fingerprint density at radius 3 is 2.63 bits per heavy atom. The fraction of sp³-hybridized carbons (Fsp3) is 0.333. The second-order valence-corrected chi connectivity index (χ2v) is 6.31. The first-order chi connectivity index (χ1) is 13.1. The van der Waals surface area contributed by atoms with Crippen LogP contribution in [0.2, 0.25) is 0 Å². The smallest absolute Gasteiger partial charge is 0.250 e. The molecule has 1 saturated carbocycles. The summed E-state index contributed by atoms with van der Waals surface area (Å²) in [5, 5.41) is 25.2. The average molecular weight is 374 g/mol. The van der Waals surface area contributed by atoms with Crippen molar-refractivity contribution in [3.8, 4) is 34.3 Å². The minimum absolute atomic E-state index is 0.0204. The molecule has 4 rings (SSSR count). The number of phenolic OH excluding ortho intramolecular Hbond substituents is 1. The van der Waals surface area contributed by atoms with Crippen molar-refractivity contribution in [3.63, 3.8) is 0 Å². The molecule has 1 fully saturated rings. The number of benzene rings is 1. The molecule has 1 aromatic carbocycles. The van der Waals surface area contributed by atoms with E-state index in [-0.39, 0.29) is 34.3 Å². The average Bonchev–Trinajstić information content (AvgIpc) is 3.20. The number of aromatic nitrogens is 4. The van der Waals surface area contributed by atoms with Gasteiger partial charge in [0.2, 0.25) is 12.3 Å². The van der Waals surface area contributed by atoms with Crippen molar-refractivity contribution in [2.24, 2.45) is 0 Å². The first-order valence-corrected chi connectivity index (χ1v) is 8.55. The zero-order chi connectivity index (χ0) is 18.8. The van der Waals surface area contributed by atoms with Crippen molar-refractivity contribution < 1.29 is 23.0 Å². The maximum Gasteiger partial charge on any atom is 0.250 e. The predicted molar refractivity (Wildman–Crippen MR) is 90.2 cm³/mol. The van der Waals surface area contributed by atoms with E-state index in [4.69, 9.17) is 9.15 Å². The predicted octanol–water partition coefficient (Wildman–Crippen LogP) is 3.70. The number of ether oxygens (including phenoxy) is 1. The first kappa shape index (κ1) is 17.3. The van der Waals surface area contributed by atoms with Gasteiger partial charge < -0.3 is 14.3 Å². The van der Waals surface area contributed by atoms with Gasteiger partial charge in [0.1, 0.15) is 23.8 Å². The molecule has 0 radical (unpaired) electrons. The summed E-state index contributed by atoms with van der Waals surface area (Å²) in [5.41, 5.74) is 0.375. The Labute approximate surface area is 153 Å². The van der Waals surface area contributed by atoms with E-state index in [1.54, 1.807) is 0 Å². The maximum absolute atomic E-state index is 14.4. The fourth-order valence-electron chi connectivity index (χ4n) is 3.09. The van der Waals surface area contributed by atoms with Crippen molar-refractivity contribution in [3.05, 3.63) is 36.5 Å². The van der Waals surface area contributed by atoms with E-state index in [9.17, 15) is 13.9 Å². The summed E-state index contributed by atoms with van der Waals surface area (Å²) < 4.78 is 38.7. The van der Waals surface area contributed by atoms with Crippen LogP contribution >= 0.6 is 0 Å². The van der Waals surface area contributed by atoms with Gasteiger partial charge in [0, 0.05) is 11.6 Å². The quantitative estimate of drug-likeness (QED) is 0.744. The number of nitrogens with zero attached hydrogens (tertiary/aromatic N) is 4. The van der Waals surface area contributed by atoms with E-state index in [1.807, 2.05) is 0 Å².